The first kappa shape index (κ1) is 11.5. The lowest BCUT2D eigenvalue weighted by atomic mass is 10.0. The van der Waals surface area contributed by atoms with Crippen LogP contribution in [0.1, 0.15) is 17.3 Å². The minimum absolute atomic E-state index is 0.0150. The Bertz CT molecular complexity index is 425. The molecule has 84 valence electrons. The third kappa shape index (κ3) is 2.77. The molecule has 0 spiro atoms. The van der Waals surface area contributed by atoms with Crippen molar-refractivity contribution in [3.8, 4) is 0 Å². The van der Waals surface area contributed by atoms with E-state index in [1.807, 2.05) is 0 Å². The number of nitrogens with zero attached hydrogens (tertiary/aromatic N) is 2. The molecule has 1 heterocycles. The number of H-pyrrole nitrogens is 1. The quantitative estimate of drug-likeness (QED) is 0.447. The van der Waals surface area contributed by atoms with Crippen LogP contribution in [-0.2, 0) is 6.42 Å². The molecule has 1 unspecified atom stereocenters. The van der Waals surface area contributed by atoms with Crippen molar-refractivity contribution in [1.82, 2.24) is 20.8 Å². The molecular weight excluding hydrogens is 317 g/mol. The van der Waals surface area contributed by atoms with Gasteiger partial charge < -0.3 is 0 Å². The summed E-state index contributed by atoms with van der Waals surface area (Å²) in [5, 5.41) is 10.4. The van der Waals surface area contributed by atoms with Crippen LogP contribution < -0.4 is 11.3 Å². The van der Waals surface area contributed by atoms with Gasteiger partial charge in [-0.15, -0.1) is 0 Å². The number of benzene rings is 1. The van der Waals surface area contributed by atoms with Gasteiger partial charge in [0.1, 0.15) is 5.69 Å². The van der Waals surface area contributed by atoms with Gasteiger partial charge in [0.25, 0.3) is 0 Å². The van der Waals surface area contributed by atoms with Crippen LogP contribution in [0.4, 0.5) is 0 Å². The number of nitrogens with two attached hydrogens (primary N) is 1. The van der Waals surface area contributed by atoms with E-state index < -0.39 is 0 Å². The molecule has 1 aromatic heterocycles. The van der Waals surface area contributed by atoms with Gasteiger partial charge in [-0.05, 0) is 46.7 Å². The first-order chi connectivity index (χ1) is 7.79. The van der Waals surface area contributed by atoms with Crippen LogP contribution in [-0.4, -0.2) is 15.4 Å². The topological polar surface area (TPSA) is 79.6 Å². The van der Waals surface area contributed by atoms with Gasteiger partial charge in [-0.3, -0.25) is 11.3 Å². The molecule has 0 fully saturated rings. The Morgan fingerprint density at radius 1 is 1.38 bits per heavy atom. The van der Waals surface area contributed by atoms with Gasteiger partial charge in [0.15, 0.2) is 0 Å². The Kier molecular flexibility index (Phi) is 3.86. The zero-order chi connectivity index (χ0) is 11.4. The molecule has 5 nitrogen and oxygen atoms in total. The Morgan fingerprint density at radius 2 is 2.12 bits per heavy atom. The number of halogens is 1. The van der Waals surface area contributed by atoms with Crippen molar-refractivity contribution < 1.29 is 0 Å². The molecule has 6 heteroatoms. The summed E-state index contributed by atoms with van der Waals surface area (Å²) < 4.78 is 1.22. The fraction of sp³-hybridized carbons (Fsp3) is 0.200. The average Bonchev–Trinajstić information content (AvgIpc) is 2.82. The average molecular weight is 329 g/mol. The van der Waals surface area contributed by atoms with E-state index in [1.165, 1.54) is 9.13 Å². The minimum atomic E-state index is -0.0150. The summed E-state index contributed by atoms with van der Waals surface area (Å²) in [4.78, 5) is 0. The van der Waals surface area contributed by atoms with Crippen LogP contribution in [0.15, 0.2) is 30.5 Å². The van der Waals surface area contributed by atoms with E-state index in [0.717, 1.165) is 12.1 Å². The molecular formula is C10H12IN5. The van der Waals surface area contributed by atoms with Crippen molar-refractivity contribution in [2.45, 2.75) is 12.5 Å². The van der Waals surface area contributed by atoms with Crippen molar-refractivity contribution in [2.24, 2.45) is 5.84 Å². The fourth-order valence-corrected chi connectivity index (χ4v) is 1.84. The maximum absolute atomic E-state index is 5.51. The van der Waals surface area contributed by atoms with Crippen molar-refractivity contribution in [2.75, 3.05) is 0 Å². The minimum Gasteiger partial charge on any atom is -0.271 e. The lowest BCUT2D eigenvalue weighted by molar-refractivity contribution is 0.537. The van der Waals surface area contributed by atoms with Gasteiger partial charge in [-0.2, -0.15) is 15.4 Å². The van der Waals surface area contributed by atoms with Crippen LogP contribution in [0.3, 0.4) is 0 Å². The number of nitrogens with one attached hydrogen (secondary N) is 2. The molecule has 0 aliphatic rings. The van der Waals surface area contributed by atoms with Crippen molar-refractivity contribution in [3.05, 3.63) is 45.3 Å². The third-order valence-corrected chi connectivity index (χ3v) is 3.06. The Morgan fingerprint density at radius 3 is 2.69 bits per heavy atom. The molecule has 2 aromatic rings. The molecule has 1 aromatic carbocycles. The van der Waals surface area contributed by atoms with Crippen LogP contribution in [0, 0.1) is 3.57 Å². The van der Waals surface area contributed by atoms with E-state index in [1.54, 1.807) is 6.20 Å². The zero-order valence-electron chi connectivity index (χ0n) is 8.52. The van der Waals surface area contributed by atoms with Gasteiger partial charge in [0.05, 0.1) is 12.2 Å². The predicted molar refractivity (Wildman–Crippen MR) is 69.3 cm³/mol. The number of rotatable bonds is 4. The highest BCUT2D eigenvalue weighted by Crippen LogP contribution is 2.15. The maximum atomic E-state index is 5.51. The maximum Gasteiger partial charge on any atom is 0.101 e. The summed E-state index contributed by atoms with van der Waals surface area (Å²) in [6.45, 7) is 0. The largest absolute Gasteiger partial charge is 0.271 e. The predicted octanol–water partition coefficient (Wildman–Crippen LogP) is 1.16. The molecule has 2 rings (SSSR count). The van der Waals surface area contributed by atoms with Crippen molar-refractivity contribution in [1.29, 1.82) is 0 Å². The van der Waals surface area contributed by atoms with Crippen LogP contribution in [0.25, 0.3) is 0 Å². The molecule has 0 bridgehead atoms. The molecule has 16 heavy (non-hydrogen) atoms. The van der Waals surface area contributed by atoms with Crippen molar-refractivity contribution >= 4 is 22.6 Å². The molecule has 0 saturated heterocycles. The summed E-state index contributed by atoms with van der Waals surface area (Å²) in [5.41, 5.74) is 4.78. The summed E-state index contributed by atoms with van der Waals surface area (Å²) in [5.74, 6) is 5.51. The third-order valence-electron chi connectivity index (χ3n) is 2.34. The van der Waals surface area contributed by atoms with E-state index in [-0.39, 0.29) is 6.04 Å². The highest BCUT2D eigenvalue weighted by molar-refractivity contribution is 14.1. The number of hydrogen-bond donors (Lipinski definition) is 3. The van der Waals surface area contributed by atoms with Gasteiger partial charge in [0.2, 0.25) is 0 Å². The molecule has 1 atom stereocenters. The molecule has 0 aliphatic heterocycles. The molecule has 0 amide bonds. The second-order valence-electron chi connectivity index (χ2n) is 3.44. The lowest BCUT2D eigenvalue weighted by Gasteiger charge is -2.12. The molecule has 0 radical (unpaired) electrons. The monoisotopic (exact) mass is 329 g/mol. The summed E-state index contributed by atoms with van der Waals surface area (Å²) in [7, 11) is 0. The molecule has 4 N–H and O–H groups in total. The normalized spacial score (nSPS) is 12.6. The van der Waals surface area contributed by atoms with Crippen LogP contribution in [0.5, 0.6) is 0 Å². The summed E-state index contributed by atoms with van der Waals surface area (Å²) in [6.07, 6.45) is 2.47. The van der Waals surface area contributed by atoms with E-state index in [2.05, 4.69) is 67.7 Å². The first-order valence-corrected chi connectivity index (χ1v) is 5.93. The van der Waals surface area contributed by atoms with E-state index >= 15 is 0 Å². The number of aromatic nitrogens is 3. The summed E-state index contributed by atoms with van der Waals surface area (Å²) >= 11 is 2.28. The van der Waals surface area contributed by atoms with Crippen LogP contribution >= 0.6 is 22.6 Å². The van der Waals surface area contributed by atoms with E-state index in [4.69, 9.17) is 5.84 Å². The van der Waals surface area contributed by atoms with E-state index in [0.29, 0.717) is 0 Å². The zero-order valence-corrected chi connectivity index (χ0v) is 10.7. The number of aromatic amines is 1. The van der Waals surface area contributed by atoms with Gasteiger partial charge in [-0.25, -0.2) is 0 Å². The number of hydrazine groups is 1. The SMILES string of the molecule is NNC(Cc1ccc(I)cc1)c1cn[nH]n1. The van der Waals surface area contributed by atoms with E-state index in [9.17, 15) is 0 Å². The highest BCUT2D eigenvalue weighted by Gasteiger charge is 2.12. The standard InChI is InChI=1S/C10H12IN5/c11-8-3-1-7(2-4-8)5-9(14-12)10-6-13-16-15-10/h1-4,6,9,14H,5,12H2,(H,13,15,16). The lowest BCUT2D eigenvalue weighted by Crippen LogP contribution is -2.29. The van der Waals surface area contributed by atoms with Crippen LogP contribution in [0.2, 0.25) is 0 Å². The summed E-state index contributed by atoms with van der Waals surface area (Å²) in [6, 6.07) is 8.32. The Labute approximate surface area is 107 Å². The van der Waals surface area contributed by atoms with Crippen molar-refractivity contribution in [3.63, 3.8) is 0 Å². The molecule has 0 aliphatic carbocycles. The second kappa shape index (κ2) is 5.37. The van der Waals surface area contributed by atoms with Gasteiger partial charge >= 0.3 is 0 Å². The smallest absolute Gasteiger partial charge is 0.101 e. The van der Waals surface area contributed by atoms with Gasteiger partial charge in [0, 0.05) is 3.57 Å². The number of hydrogen-bond acceptors (Lipinski definition) is 4. The highest BCUT2D eigenvalue weighted by atomic mass is 127. The van der Waals surface area contributed by atoms with Gasteiger partial charge in [-0.1, -0.05) is 12.1 Å². The Balaban J connectivity index is 2.10. The first-order valence-electron chi connectivity index (χ1n) is 4.86. The molecule has 0 saturated carbocycles. The fourth-order valence-electron chi connectivity index (χ4n) is 1.48. The second-order valence-corrected chi connectivity index (χ2v) is 4.69. The Hall–Kier alpha value is -0.990.